The van der Waals surface area contributed by atoms with E-state index >= 15 is 0 Å². The molecule has 0 heterocycles. The number of ether oxygens (including phenoxy) is 1. The Hall–Kier alpha value is -1.20. The monoisotopic (exact) mass is 323 g/mol. The molecule has 0 aliphatic rings. The highest BCUT2D eigenvalue weighted by Gasteiger charge is 1.97. The maximum atomic E-state index is 5.31. The lowest BCUT2D eigenvalue weighted by molar-refractivity contribution is 0.145. The van der Waals surface area contributed by atoms with Gasteiger partial charge in [0.2, 0.25) is 0 Å². The Morgan fingerprint density at radius 2 is 1.91 bits per heavy atom. The molecule has 0 saturated carbocycles. The van der Waals surface area contributed by atoms with Crippen molar-refractivity contribution in [3.8, 4) is 0 Å². The number of hydrogen-bond acceptors (Lipinski definition) is 3. The largest absolute Gasteiger partial charge is 0.382 e. The van der Waals surface area contributed by atoms with E-state index in [9.17, 15) is 0 Å². The molecule has 5 heteroatoms. The highest BCUT2D eigenvalue weighted by atomic mass is 32.2. The van der Waals surface area contributed by atoms with Crippen molar-refractivity contribution < 1.29 is 4.74 Å². The van der Waals surface area contributed by atoms with Gasteiger partial charge < -0.3 is 15.4 Å². The first-order valence-electron chi connectivity index (χ1n) is 7.91. The first-order chi connectivity index (χ1) is 10.8. The summed E-state index contributed by atoms with van der Waals surface area (Å²) in [7, 11) is 1.80. The van der Waals surface area contributed by atoms with Gasteiger partial charge >= 0.3 is 0 Å². The van der Waals surface area contributed by atoms with E-state index in [0.29, 0.717) is 0 Å². The summed E-state index contributed by atoms with van der Waals surface area (Å²) in [4.78, 5) is 4.22. The van der Waals surface area contributed by atoms with Crippen LogP contribution in [0, 0.1) is 6.92 Å². The average Bonchev–Trinajstić information content (AvgIpc) is 2.54. The van der Waals surface area contributed by atoms with Gasteiger partial charge in [0.25, 0.3) is 0 Å². The molecule has 0 atom stereocenters. The van der Waals surface area contributed by atoms with E-state index in [1.807, 2.05) is 18.7 Å². The second kappa shape index (κ2) is 12.4. The molecular formula is C17H29N3OS. The normalized spacial score (nSPS) is 11.5. The molecule has 0 fully saturated rings. The molecule has 0 amide bonds. The van der Waals surface area contributed by atoms with Crippen molar-refractivity contribution in [1.82, 2.24) is 10.6 Å². The van der Waals surface area contributed by atoms with Crippen LogP contribution in [0.5, 0.6) is 0 Å². The highest BCUT2D eigenvalue weighted by molar-refractivity contribution is 7.98. The van der Waals surface area contributed by atoms with Gasteiger partial charge in [-0.3, -0.25) is 4.99 Å². The minimum atomic E-state index is 0.783. The number of hydrogen-bond donors (Lipinski definition) is 2. The Bertz CT molecular complexity index is 420. The number of nitrogens with one attached hydrogen (secondary N) is 2. The number of aryl methyl sites for hydroxylation is 1. The van der Waals surface area contributed by atoms with Gasteiger partial charge in [0.05, 0.1) is 0 Å². The van der Waals surface area contributed by atoms with Crippen LogP contribution >= 0.6 is 11.8 Å². The Balaban J connectivity index is 2.05. The number of nitrogens with zero attached hydrogens (tertiary/aromatic N) is 1. The van der Waals surface area contributed by atoms with Crippen LogP contribution in [0.2, 0.25) is 0 Å². The molecule has 0 aliphatic heterocycles. The van der Waals surface area contributed by atoms with Gasteiger partial charge in [0.15, 0.2) is 5.96 Å². The molecule has 0 saturated heterocycles. The molecule has 1 rings (SSSR count). The standard InChI is InChI=1S/C17H29N3OS/c1-4-21-12-5-10-19-17(18-3)20-11-13-22-14-16-8-6-15(2)7-9-16/h6-9H,4-5,10-14H2,1-3H3,(H2,18,19,20). The lowest BCUT2D eigenvalue weighted by atomic mass is 10.2. The van der Waals surface area contributed by atoms with Gasteiger partial charge in [-0.2, -0.15) is 11.8 Å². The fraction of sp³-hybridized carbons (Fsp3) is 0.588. The van der Waals surface area contributed by atoms with Crippen LogP contribution in [-0.2, 0) is 10.5 Å². The molecule has 0 spiro atoms. The van der Waals surface area contributed by atoms with Crippen LogP contribution in [0.1, 0.15) is 24.5 Å². The van der Waals surface area contributed by atoms with E-state index in [0.717, 1.165) is 50.2 Å². The second-order valence-corrected chi connectivity index (χ2v) is 6.12. The fourth-order valence-electron chi connectivity index (χ4n) is 1.86. The minimum Gasteiger partial charge on any atom is -0.382 e. The smallest absolute Gasteiger partial charge is 0.191 e. The minimum absolute atomic E-state index is 0.783. The second-order valence-electron chi connectivity index (χ2n) is 5.01. The van der Waals surface area contributed by atoms with Crippen molar-refractivity contribution in [3.63, 3.8) is 0 Å². The predicted octanol–water partition coefficient (Wildman–Crippen LogP) is 2.82. The van der Waals surface area contributed by atoms with Crippen molar-refractivity contribution in [1.29, 1.82) is 0 Å². The van der Waals surface area contributed by atoms with Crippen molar-refractivity contribution in [3.05, 3.63) is 35.4 Å². The van der Waals surface area contributed by atoms with Gasteiger partial charge in [-0.25, -0.2) is 0 Å². The first kappa shape index (κ1) is 18.8. The quantitative estimate of drug-likeness (QED) is 0.395. The average molecular weight is 324 g/mol. The first-order valence-corrected chi connectivity index (χ1v) is 9.07. The lowest BCUT2D eigenvalue weighted by Gasteiger charge is -2.11. The van der Waals surface area contributed by atoms with Gasteiger partial charge in [0, 0.05) is 44.9 Å². The molecule has 4 nitrogen and oxygen atoms in total. The summed E-state index contributed by atoms with van der Waals surface area (Å²) in [6.07, 6.45) is 0.997. The number of rotatable bonds is 10. The molecule has 0 aliphatic carbocycles. The maximum Gasteiger partial charge on any atom is 0.191 e. The van der Waals surface area contributed by atoms with E-state index < -0.39 is 0 Å². The molecule has 0 radical (unpaired) electrons. The van der Waals surface area contributed by atoms with Crippen molar-refractivity contribution in [2.24, 2.45) is 4.99 Å². The SMILES string of the molecule is CCOCCCNC(=NC)NCCSCc1ccc(C)cc1. The number of benzene rings is 1. The zero-order valence-electron chi connectivity index (χ0n) is 14.0. The third-order valence-corrected chi connectivity index (χ3v) is 4.14. The summed E-state index contributed by atoms with van der Waals surface area (Å²) in [5.41, 5.74) is 2.70. The number of thioether (sulfide) groups is 1. The summed E-state index contributed by atoms with van der Waals surface area (Å²) in [5.74, 6) is 2.99. The van der Waals surface area contributed by atoms with E-state index in [1.165, 1.54) is 11.1 Å². The molecule has 0 bridgehead atoms. The highest BCUT2D eigenvalue weighted by Crippen LogP contribution is 2.12. The molecule has 2 N–H and O–H groups in total. The molecule has 22 heavy (non-hydrogen) atoms. The van der Waals surface area contributed by atoms with Crippen LogP contribution in [0.4, 0.5) is 0 Å². The summed E-state index contributed by atoms with van der Waals surface area (Å²) in [6, 6.07) is 8.74. The Labute approximate surface area is 139 Å². The zero-order valence-corrected chi connectivity index (χ0v) is 14.8. The summed E-state index contributed by atoms with van der Waals surface area (Å²) < 4.78 is 5.31. The van der Waals surface area contributed by atoms with Crippen LogP contribution in [0.25, 0.3) is 0 Å². The van der Waals surface area contributed by atoms with E-state index in [4.69, 9.17) is 4.74 Å². The Morgan fingerprint density at radius 3 is 2.59 bits per heavy atom. The maximum absolute atomic E-state index is 5.31. The fourth-order valence-corrected chi connectivity index (χ4v) is 2.68. The summed E-state index contributed by atoms with van der Waals surface area (Å²) in [5, 5.41) is 6.63. The van der Waals surface area contributed by atoms with Gasteiger partial charge in [0.1, 0.15) is 0 Å². The molecule has 1 aromatic carbocycles. The van der Waals surface area contributed by atoms with Crippen LogP contribution in [0.15, 0.2) is 29.3 Å². The van der Waals surface area contributed by atoms with Gasteiger partial charge in [-0.1, -0.05) is 29.8 Å². The van der Waals surface area contributed by atoms with E-state index in [1.54, 1.807) is 7.05 Å². The van der Waals surface area contributed by atoms with Gasteiger partial charge in [-0.15, -0.1) is 0 Å². The third-order valence-electron chi connectivity index (χ3n) is 3.11. The van der Waals surface area contributed by atoms with Gasteiger partial charge in [-0.05, 0) is 25.8 Å². The van der Waals surface area contributed by atoms with Crippen molar-refractivity contribution in [2.45, 2.75) is 26.0 Å². The summed E-state index contributed by atoms with van der Waals surface area (Å²) in [6.45, 7) is 7.52. The van der Waals surface area contributed by atoms with Crippen LogP contribution < -0.4 is 10.6 Å². The van der Waals surface area contributed by atoms with E-state index in [2.05, 4.69) is 46.8 Å². The van der Waals surface area contributed by atoms with Crippen molar-refractivity contribution >= 4 is 17.7 Å². The predicted molar refractivity (Wildman–Crippen MR) is 97.8 cm³/mol. The Kier molecular flexibility index (Phi) is 10.6. The van der Waals surface area contributed by atoms with Crippen molar-refractivity contribution in [2.75, 3.05) is 39.1 Å². The Morgan fingerprint density at radius 1 is 1.18 bits per heavy atom. The summed E-state index contributed by atoms with van der Waals surface area (Å²) >= 11 is 1.93. The number of aliphatic imine (C=N–C) groups is 1. The lowest BCUT2D eigenvalue weighted by Crippen LogP contribution is -2.39. The molecular weight excluding hydrogens is 294 g/mol. The topological polar surface area (TPSA) is 45.6 Å². The van der Waals surface area contributed by atoms with Crippen LogP contribution in [-0.4, -0.2) is 45.1 Å². The number of guanidine groups is 1. The molecule has 0 unspecified atom stereocenters. The van der Waals surface area contributed by atoms with Crippen LogP contribution in [0.3, 0.4) is 0 Å². The van der Waals surface area contributed by atoms with E-state index in [-0.39, 0.29) is 0 Å². The molecule has 0 aromatic heterocycles. The third kappa shape index (κ3) is 8.95. The zero-order chi connectivity index (χ0) is 16.0. The molecule has 1 aromatic rings. The molecule has 124 valence electrons.